The van der Waals surface area contributed by atoms with Crippen LogP contribution in [0.15, 0.2) is 57.9 Å². The highest BCUT2D eigenvalue weighted by molar-refractivity contribution is 7.80. The number of benzene rings is 2. The first kappa shape index (κ1) is 15.7. The van der Waals surface area contributed by atoms with Crippen LogP contribution in [0.1, 0.15) is 11.1 Å². The maximum Gasteiger partial charge on any atom is 0.230 e. The molecule has 1 aromatic heterocycles. The molecule has 0 aliphatic heterocycles. The molecule has 0 radical (unpaired) electrons. The van der Waals surface area contributed by atoms with Crippen molar-refractivity contribution in [3.05, 3.63) is 65.2 Å². The molecular formula is C18H13N3O2S. The van der Waals surface area contributed by atoms with Crippen molar-refractivity contribution >= 4 is 33.9 Å². The van der Waals surface area contributed by atoms with Gasteiger partial charge in [0.2, 0.25) is 5.55 Å². The Morgan fingerprint density at radius 2 is 1.96 bits per heavy atom. The summed E-state index contributed by atoms with van der Waals surface area (Å²) in [5.41, 5.74) is 8.46. The third kappa shape index (κ3) is 3.12. The molecule has 0 spiro atoms. The quantitative estimate of drug-likeness (QED) is 0.743. The average Bonchev–Trinajstić information content (AvgIpc) is 2.61. The van der Waals surface area contributed by atoms with Crippen molar-refractivity contribution in [3.8, 4) is 11.8 Å². The van der Waals surface area contributed by atoms with Crippen molar-refractivity contribution in [2.45, 2.75) is 0 Å². The molecule has 1 heterocycles. The Hall–Kier alpha value is -3.17. The topological polar surface area (TPSA) is 84.5 Å². The number of ether oxygens (including phenoxy) is 1. The number of nitriles is 1. The van der Waals surface area contributed by atoms with E-state index in [0.29, 0.717) is 28.0 Å². The van der Waals surface area contributed by atoms with Crippen molar-refractivity contribution in [1.82, 2.24) is 0 Å². The van der Waals surface area contributed by atoms with Gasteiger partial charge in [-0.05, 0) is 48.5 Å². The van der Waals surface area contributed by atoms with Crippen LogP contribution in [0.4, 0.5) is 5.69 Å². The smallest absolute Gasteiger partial charge is 0.230 e. The largest absolute Gasteiger partial charge is 0.497 e. The van der Waals surface area contributed by atoms with Gasteiger partial charge in [0.25, 0.3) is 0 Å². The third-order valence-electron chi connectivity index (χ3n) is 3.44. The number of nitrogens with zero attached hydrogens (tertiary/aromatic N) is 2. The van der Waals surface area contributed by atoms with Crippen LogP contribution in [0.2, 0.25) is 0 Å². The van der Waals surface area contributed by atoms with Crippen LogP contribution < -0.4 is 16.0 Å². The molecule has 3 aromatic rings. The van der Waals surface area contributed by atoms with E-state index in [1.807, 2.05) is 0 Å². The van der Waals surface area contributed by atoms with E-state index in [1.54, 1.807) is 55.6 Å². The van der Waals surface area contributed by atoms with Crippen molar-refractivity contribution < 1.29 is 9.15 Å². The number of thiocarbonyl (C=S) groups is 1. The van der Waals surface area contributed by atoms with Crippen LogP contribution in [0.25, 0.3) is 11.0 Å². The van der Waals surface area contributed by atoms with Gasteiger partial charge in [-0.1, -0.05) is 12.2 Å². The molecule has 0 unspecified atom stereocenters. The summed E-state index contributed by atoms with van der Waals surface area (Å²) in [6.07, 6.45) is 0. The highest BCUT2D eigenvalue weighted by Gasteiger charge is 2.07. The second-order valence-corrected chi connectivity index (χ2v) is 5.44. The van der Waals surface area contributed by atoms with Gasteiger partial charge in [0.1, 0.15) is 16.3 Å². The minimum absolute atomic E-state index is 0.176. The van der Waals surface area contributed by atoms with Gasteiger partial charge < -0.3 is 14.9 Å². The molecule has 3 rings (SSSR count). The van der Waals surface area contributed by atoms with Crippen molar-refractivity contribution in [2.75, 3.05) is 7.11 Å². The van der Waals surface area contributed by atoms with Crippen LogP contribution in [-0.4, -0.2) is 12.1 Å². The summed E-state index contributed by atoms with van der Waals surface area (Å²) in [5, 5.41) is 9.75. The first-order valence-electron chi connectivity index (χ1n) is 7.07. The van der Waals surface area contributed by atoms with Gasteiger partial charge in [-0.15, -0.1) is 0 Å². The fraction of sp³-hybridized carbons (Fsp3) is 0.0556. The number of hydrogen-bond donors (Lipinski definition) is 1. The zero-order chi connectivity index (χ0) is 17.1. The van der Waals surface area contributed by atoms with E-state index in [9.17, 15) is 0 Å². The van der Waals surface area contributed by atoms with Gasteiger partial charge >= 0.3 is 0 Å². The second kappa shape index (κ2) is 6.52. The summed E-state index contributed by atoms with van der Waals surface area (Å²) in [5.74, 6) is 0.739. The predicted molar refractivity (Wildman–Crippen MR) is 95.0 cm³/mol. The predicted octanol–water partition coefficient (Wildman–Crippen LogP) is 3.18. The van der Waals surface area contributed by atoms with Crippen LogP contribution in [0.3, 0.4) is 0 Å². The maximum absolute atomic E-state index is 9.01. The molecular weight excluding hydrogens is 322 g/mol. The van der Waals surface area contributed by atoms with E-state index < -0.39 is 0 Å². The van der Waals surface area contributed by atoms with Gasteiger partial charge in [-0.3, -0.25) is 0 Å². The number of rotatable bonds is 3. The Bertz CT molecular complexity index is 1030. The average molecular weight is 335 g/mol. The molecule has 5 nitrogen and oxygen atoms in total. The van der Waals surface area contributed by atoms with Crippen molar-refractivity contribution in [2.24, 2.45) is 10.7 Å². The second-order valence-electron chi connectivity index (χ2n) is 5.00. The van der Waals surface area contributed by atoms with Gasteiger partial charge in [0.15, 0.2) is 0 Å². The molecule has 2 N–H and O–H groups in total. The normalized spacial score (nSPS) is 11.2. The number of nitrogens with two attached hydrogens (primary N) is 1. The minimum atomic E-state index is 0.176. The summed E-state index contributed by atoms with van der Waals surface area (Å²) < 4.78 is 11.0. The molecule has 0 aliphatic rings. The van der Waals surface area contributed by atoms with Gasteiger partial charge in [0, 0.05) is 5.39 Å². The van der Waals surface area contributed by atoms with Gasteiger partial charge in [-0.25, -0.2) is 4.99 Å². The number of hydrogen-bond acceptors (Lipinski definition) is 5. The first-order chi connectivity index (χ1) is 11.6. The molecule has 0 saturated carbocycles. The monoisotopic (exact) mass is 335 g/mol. The number of methoxy groups -OCH3 is 1. The van der Waals surface area contributed by atoms with E-state index in [-0.39, 0.29) is 4.99 Å². The van der Waals surface area contributed by atoms with E-state index in [1.165, 1.54) is 0 Å². The molecule has 0 saturated heterocycles. The van der Waals surface area contributed by atoms with Gasteiger partial charge in [-0.2, -0.15) is 5.26 Å². The SMILES string of the molecule is COc1ccc(/N=c2\oc3ccc(C#N)cc3cc2C(N)=S)cc1. The van der Waals surface area contributed by atoms with Crippen molar-refractivity contribution in [1.29, 1.82) is 5.26 Å². The Balaban J connectivity index is 2.21. The highest BCUT2D eigenvalue weighted by Crippen LogP contribution is 2.19. The lowest BCUT2D eigenvalue weighted by Crippen LogP contribution is -2.20. The van der Waals surface area contributed by atoms with Gasteiger partial charge in [0.05, 0.1) is 30.0 Å². The standard InChI is InChI=1S/C18H13N3O2S/c1-22-14-5-3-13(4-6-14)21-18-15(17(20)24)9-12-8-11(10-19)2-7-16(12)23-18/h2-9H,1H3,(H2,20,24)/b21-18-. The molecule has 2 aromatic carbocycles. The summed E-state index contributed by atoms with van der Waals surface area (Å²) in [7, 11) is 1.60. The van der Waals surface area contributed by atoms with E-state index in [4.69, 9.17) is 32.4 Å². The lowest BCUT2D eigenvalue weighted by atomic mass is 10.1. The fourth-order valence-electron chi connectivity index (χ4n) is 2.23. The Labute approximate surface area is 143 Å². The molecule has 0 fully saturated rings. The Morgan fingerprint density at radius 3 is 2.58 bits per heavy atom. The van der Waals surface area contributed by atoms with E-state index in [0.717, 1.165) is 11.1 Å². The summed E-state index contributed by atoms with van der Waals surface area (Å²) in [4.78, 5) is 4.65. The van der Waals surface area contributed by atoms with E-state index >= 15 is 0 Å². The molecule has 6 heteroatoms. The number of fused-ring (bicyclic) bond motifs is 1. The van der Waals surface area contributed by atoms with Crippen LogP contribution in [0.5, 0.6) is 5.75 Å². The molecule has 24 heavy (non-hydrogen) atoms. The zero-order valence-corrected chi connectivity index (χ0v) is 13.6. The lowest BCUT2D eigenvalue weighted by molar-refractivity contribution is 0.415. The first-order valence-corrected chi connectivity index (χ1v) is 7.48. The van der Waals surface area contributed by atoms with Crippen LogP contribution in [0, 0.1) is 11.3 Å². The molecule has 0 atom stereocenters. The molecule has 118 valence electrons. The van der Waals surface area contributed by atoms with Crippen LogP contribution >= 0.6 is 12.2 Å². The molecule has 0 bridgehead atoms. The summed E-state index contributed by atoms with van der Waals surface area (Å²) in [6, 6.07) is 16.2. The fourth-order valence-corrected chi connectivity index (χ4v) is 2.38. The van der Waals surface area contributed by atoms with Crippen molar-refractivity contribution in [3.63, 3.8) is 0 Å². The molecule has 0 aliphatic carbocycles. The lowest BCUT2D eigenvalue weighted by Gasteiger charge is -2.04. The minimum Gasteiger partial charge on any atom is -0.497 e. The summed E-state index contributed by atoms with van der Waals surface area (Å²) >= 11 is 5.10. The Kier molecular flexibility index (Phi) is 4.27. The zero-order valence-electron chi connectivity index (χ0n) is 12.8. The third-order valence-corrected chi connectivity index (χ3v) is 3.66. The highest BCUT2D eigenvalue weighted by atomic mass is 32.1. The van der Waals surface area contributed by atoms with E-state index in [2.05, 4.69) is 11.1 Å². The molecule has 0 amide bonds. The Morgan fingerprint density at radius 1 is 1.21 bits per heavy atom. The maximum atomic E-state index is 9.01. The van der Waals surface area contributed by atoms with Crippen LogP contribution in [-0.2, 0) is 0 Å². The summed E-state index contributed by atoms with van der Waals surface area (Å²) in [6.45, 7) is 0.